The summed E-state index contributed by atoms with van der Waals surface area (Å²) in [7, 11) is 0. The van der Waals surface area contributed by atoms with Gasteiger partial charge in [-0.15, -0.1) is 0 Å². The second kappa shape index (κ2) is 7.27. The molecule has 0 amide bonds. The first-order valence-electron chi connectivity index (χ1n) is 7.55. The smallest absolute Gasteiger partial charge is 0.420 e. The lowest BCUT2D eigenvalue weighted by atomic mass is 9.80. The monoisotopic (exact) mass is 277 g/mol. The fourth-order valence-electron chi connectivity index (χ4n) is 2.93. The van der Waals surface area contributed by atoms with Gasteiger partial charge in [-0.2, -0.15) is 0 Å². The summed E-state index contributed by atoms with van der Waals surface area (Å²) in [5, 5.41) is 0. The molecule has 1 aliphatic rings. The first-order chi connectivity index (χ1) is 9.70. The van der Waals surface area contributed by atoms with Gasteiger partial charge < -0.3 is 4.74 Å². The van der Waals surface area contributed by atoms with E-state index in [-0.39, 0.29) is 5.56 Å². The summed E-state index contributed by atoms with van der Waals surface area (Å²) in [4.78, 5) is 23.3. The second-order valence-electron chi connectivity index (χ2n) is 5.66. The molecule has 1 aliphatic carbocycles. The molecule has 1 fully saturated rings. The third-order valence-electron chi connectivity index (χ3n) is 4.12. The molecule has 20 heavy (non-hydrogen) atoms. The molecule has 1 aromatic heterocycles. The summed E-state index contributed by atoms with van der Waals surface area (Å²) < 4.78 is 6.28. The molecular weight excluding hydrogens is 254 g/mol. The van der Waals surface area contributed by atoms with Gasteiger partial charge in [-0.25, -0.2) is 9.36 Å². The zero-order valence-corrected chi connectivity index (χ0v) is 12.1. The zero-order chi connectivity index (χ0) is 14.4. The molecule has 1 heterocycles. The van der Waals surface area contributed by atoms with E-state index >= 15 is 0 Å². The summed E-state index contributed by atoms with van der Waals surface area (Å²) in [6.07, 6.45) is 8.17. The molecule has 0 atom stereocenters. The Hall–Kier alpha value is -1.58. The van der Waals surface area contributed by atoms with Crippen LogP contribution in [0.3, 0.4) is 0 Å². The van der Waals surface area contributed by atoms with Crippen molar-refractivity contribution in [3.63, 3.8) is 0 Å². The maximum Gasteiger partial charge on any atom is 0.420 e. The largest absolute Gasteiger partial charge is 0.449 e. The second-order valence-corrected chi connectivity index (χ2v) is 5.66. The van der Waals surface area contributed by atoms with Crippen LogP contribution in [0.25, 0.3) is 0 Å². The topological polar surface area (TPSA) is 48.3 Å². The highest BCUT2D eigenvalue weighted by Gasteiger charge is 2.22. The molecule has 0 N–H and O–H groups in total. The van der Waals surface area contributed by atoms with Crippen molar-refractivity contribution in [3.05, 3.63) is 34.7 Å². The van der Waals surface area contributed by atoms with Gasteiger partial charge in [0.1, 0.15) is 0 Å². The number of nitrogens with zero attached hydrogens (tertiary/aromatic N) is 1. The van der Waals surface area contributed by atoms with Gasteiger partial charge in [0, 0.05) is 12.3 Å². The zero-order valence-electron chi connectivity index (χ0n) is 12.1. The molecule has 4 nitrogen and oxygen atoms in total. The third-order valence-corrected chi connectivity index (χ3v) is 4.12. The number of carbonyl (C=O) groups is 1. The van der Waals surface area contributed by atoms with Crippen LogP contribution >= 0.6 is 0 Å². The van der Waals surface area contributed by atoms with Crippen molar-refractivity contribution in [3.8, 4) is 0 Å². The molecule has 4 heteroatoms. The third kappa shape index (κ3) is 3.95. The SMILES string of the molecule is CCC[C@H]1CC[C@H](COC(=O)n2ccccc2=O)CC1. The average molecular weight is 277 g/mol. The summed E-state index contributed by atoms with van der Waals surface area (Å²) >= 11 is 0. The molecule has 0 bridgehead atoms. The maximum atomic E-state index is 11.8. The maximum absolute atomic E-state index is 11.8. The molecular formula is C16H23NO3. The summed E-state index contributed by atoms with van der Waals surface area (Å²) in [5.74, 6) is 1.30. The molecule has 0 saturated heterocycles. The quantitative estimate of drug-likeness (QED) is 0.847. The molecule has 0 spiro atoms. The van der Waals surface area contributed by atoms with Gasteiger partial charge in [0.2, 0.25) is 0 Å². The highest BCUT2D eigenvalue weighted by molar-refractivity contribution is 5.70. The van der Waals surface area contributed by atoms with Gasteiger partial charge in [-0.1, -0.05) is 38.7 Å². The summed E-state index contributed by atoms with van der Waals surface area (Å²) in [5.41, 5.74) is -0.343. The molecule has 0 radical (unpaired) electrons. The minimum absolute atomic E-state index is 0.343. The Morgan fingerprint density at radius 1 is 1.25 bits per heavy atom. The van der Waals surface area contributed by atoms with Crippen LogP contribution in [-0.4, -0.2) is 17.3 Å². The first kappa shape index (κ1) is 14.8. The molecule has 0 aliphatic heterocycles. The summed E-state index contributed by atoms with van der Waals surface area (Å²) in [6, 6.07) is 4.62. The Kier molecular flexibility index (Phi) is 5.39. The van der Waals surface area contributed by atoms with Gasteiger partial charge in [-0.05, 0) is 30.7 Å². The fourth-order valence-corrected chi connectivity index (χ4v) is 2.93. The van der Waals surface area contributed by atoms with Crippen molar-refractivity contribution in [2.24, 2.45) is 11.8 Å². The van der Waals surface area contributed by atoms with Gasteiger partial charge in [-0.3, -0.25) is 4.79 Å². The molecule has 0 aromatic carbocycles. The number of rotatable bonds is 4. The summed E-state index contributed by atoms with van der Waals surface area (Å²) in [6.45, 7) is 2.66. The van der Waals surface area contributed by atoms with Crippen molar-refractivity contribution in [2.45, 2.75) is 45.4 Å². The average Bonchev–Trinajstić information content (AvgIpc) is 2.47. The highest BCUT2D eigenvalue weighted by atomic mass is 16.5. The lowest BCUT2D eigenvalue weighted by Crippen LogP contribution is -2.28. The van der Waals surface area contributed by atoms with E-state index in [2.05, 4.69) is 6.92 Å². The van der Waals surface area contributed by atoms with E-state index < -0.39 is 6.09 Å². The predicted octanol–water partition coefficient (Wildman–Crippen LogP) is 3.44. The molecule has 1 aromatic rings. The molecule has 1 saturated carbocycles. The lowest BCUT2D eigenvalue weighted by molar-refractivity contribution is 0.108. The number of carbonyl (C=O) groups excluding carboxylic acids is 1. The van der Waals surface area contributed by atoms with Crippen LogP contribution < -0.4 is 5.56 Å². The van der Waals surface area contributed by atoms with E-state index in [9.17, 15) is 9.59 Å². The van der Waals surface area contributed by atoms with Crippen LogP contribution in [0.4, 0.5) is 4.79 Å². The van der Waals surface area contributed by atoms with Crippen LogP contribution in [0.5, 0.6) is 0 Å². The van der Waals surface area contributed by atoms with E-state index in [1.807, 2.05) is 0 Å². The Balaban J connectivity index is 1.78. The van der Waals surface area contributed by atoms with E-state index in [0.29, 0.717) is 12.5 Å². The Morgan fingerprint density at radius 2 is 1.95 bits per heavy atom. The van der Waals surface area contributed by atoms with Crippen LogP contribution in [0.15, 0.2) is 29.2 Å². The Labute approximate surface area is 119 Å². The minimum Gasteiger partial charge on any atom is -0.449 e. The fraction of sp³-hybridized carbons (Fsp3) is 0.625. The van der Waals surface area contributed by atoms with Crippen molar-refractivity contribution in [1.82, 2.24) is 4.57 Å². The number of pyridine rings is 1. The van der Waals surface area contributed by atoms with Crippen molar-refractivity contribution >= 4 is 6.09 Å². The van der Waals surface area contributed by atoms with Crippen molar-refractivity contribution in [2.75, 3.05) is 6.61 Å². The van der Waals surface area contributed by atoms with Crippen molar-refractivity contribution < 1.29 is 9.53 Å². The number of hydrogen-bond acceptors (Lipinski definition) is 3. The standard InChI is InChI=1S/C16H23NO3/c1-2-5-13-7-9-14(10-8-13)12-20-16(19)17-11-4-3-6-15(17)18/h3-4,6,11,13-14H,2,5,7-10,12H2,1H3/t13-,14-. The van der Waals surface area contributed by atoms with E-state index in [1.165, 1.54) is 37.9 Å². The minimum atomic E-state index is -0.564. The number of aromatic nitrogens is 1. The lowest BCUT2D eigenvalue weighted by Gasteiger charge is -2.27. The van der Waals surface area contributed by atoms with Crippen LogP contribution in [-0.2, 0) is 4.74 Å². The Bertz CT molecular complexity index is 486. The van der Waals surface area contributed by atoms with Gasteiger partial charge >= 0.3 is 6.09 Å². The van der Waals surface area contributed by atoms with Gasteiger partial charge in [0.05, 0.1) is 6.61 Å². The van der Waals surface area contributed by atoms with Gasteiger partial charge in [0.15, 0.2) is 0 Å². The molecule has 2 rings (SSSR count). The van der Waals surface area contributed by atoms with E-state index in [1.54, 1.807) is 12.1 Å². The first-order valence-corrected chi connectivity index (χ1v) is 7.55. The van der Waals surface area contributed by atoms with E-state index in [4.69, 9.17) is 4.74 Å². The number of hydrogen-bond donors (Lipinski definition) is 0. The normalized spacial score (nSPS) is 22.4. The van der Waals surface area contributed by atoms with Crippen LogP contribution in [0.2, 0.25) is 0 Å². The van der Waals surface area contributed by atoms with Crippen LogP contribution in [0.1, 0.15) is 45.4 Å². The van der Waals surface area contributed by atoms with Crippen LogP contribution in [0, 0.1) is 11.8 Å². The van der Waals surface area contributed by atoms with Crippen molar-refractivity contribution in [1.29, 1.82) is 0 Å². The van der Waals surface area contributed by atoms with Gasteiger partial charge in [0.25, 0.3) is 5.56 Å². The Morgan fingerprint density at radius 3 is 2.60 bits per heavy atom. The highest BCUT2D eigenvalue weighted by Crippen LogP contribution is 2.31. The molecule has 0 unspecified atom stereocenters. The molecule has 110 valence electrons. The van der Waals surface area contributed by atoms with E-state index in [0.717, 1.165) is 23.3 Å². The number of ether oxygens (including phenoxy) is 1. The predicted molar refractivity (Wildman–Crippen MR) is 77.8 cm³/mol.